The maximum atomic E-state index is 13.3. The molecule has 0 saturated heterocycles. The number of nitrogens with zero attached hydrogens (tertiary/aromatic N) is 2. The minimum Gasteiger partial charge on any atom is -0.287 e. The second kappa shape index (κ2) is 7.95. The Morgan fingerprint density at radius 1 is 1.11 bits per heavy atom. The van der Waals surface area contributed by atoms with E-state index in [0.717, 1.165) is 29.5 Å². The first-order valence-electron chi connectivity index (χ1n) is 9.07. The molecule has 0 radical (unpaired) electrons. The number of hydrogen-bond donors (Lipinski definition) is 0. The molecule has 3 aromatic rings. The minimum atomic E-state index is -0.313. The first-order chi connectivity index (χ1) is 13.7. The van der Waals surface area contributed by atoms with E-state index in [-0.39, 0.29) is 16.9 Å². The number of nitriles is 1. The number of benzene rings is 2. The summed E-state index contributed by atoms with van der Waals surface area (Å²) >= 11 is 1.23. The van der Waals surface area contributed by atoms with Crippen molar-refractivity contribution in [2.24, 2.45) is 5.92 Å². The van der Waals surface area contributed by atoms with Crippen LogP contribution in [-0.2, 0) is 10.5 Å². The molecule has 1 heterocycles. The van der Waals surface area contributed by atoms with Gasteiger partial charge >= 0.3 is 0 Å². The van der Waals surface area contributed by atoms with Gasteiger partial charge in [-0.3, -0.25) is 9.78 Å². The Morgan fingerprint density at radius 3 is 2.46 bits per heavy atom. The van der Waals surface area contributed by atoms with Crippen molar-refractivity contribution in [3.8, 4) is 28.5 Å². The molecule has 4 rings (SSSR count). The normalized spacial score (nSPS) is 13.1. The summed E-state index contributed by atoms with van der Waals surface area (Å²) in [5.41, 5.74) is 4.17. The number of carbonyl (C=O) groups is 1. The van der Waals surface area contributed by atoms with Gasteiger partial charge in [-0.2, -0.15) is 5.26 Å². The Hall–Kier alpha value is -2.97. The summed E-state index contributed by atoms with van der Waals surface area (Å²) in [5, 5.41) is 9.98. The van der Waals surface area contributed by atoms with E-state index in [1.54, 1.807) is 12.1 Å². The number of carbonyl (C=O) groups excluding carboxylic acids is 1. The van der Waals surface area contributed by atoms with E-state index >= 15 is 0 Å². The predicted octanol–water partition coefficient (Wildman–Crippen LogP) is 5.60. The van der Waals surface area contributed by atoms with Crippen LogP contribution < -0.4 is 0 Å². The number of thioether (sulfide) groups is 1. The van der Waals surface area contributed by atoms with E-state index < -0.39 is 0 Å². The highest BCUT2D eigenvalue weighted by Crippen LogP contribution is 2.36. The molecule has 0 atom stereocenters. The molecule has 0 aliphatic heterocycles. The second-order valence-corrected chi connectivity index (χ2v) is 7.72. The highest BCUT2D eigenvalue weighted by Gasteiger charge is 2.30. The number of pyridine rings is 1. The zero-order chi connectivity index (χ0) is 19.5. The number of hydrogen-bond acceptors (Lipinski definition) is 4. The van der Waals surface area contributed by atoms with Gasteiger partial charge in [0.15, 0.2) is 5.12 Å². The van der Waals surface area contributed by atoms with Gasteiger partial charge in [0.05, 0.1) is 17.0 Å². The summed E-state index contributed by atoms with van der Waals surface area (Å²) in [6.07, 6.45) is 1.91. The highest BCUT2D eigenvalue weighted by molar-refractivity contribution is 8.13. The summed E-state index contributed by atoms with van der Waals surface area (Å²) < 4.78 is 13.3. The molecule has 1 saturated carbocycles. The lowest BCUT2D eigenvalue weighted by molar-refractivity contribution is -0.112. The van der Waals surface area contributed by atoms with Crippen LogP contribution in [0.5, 0.6) is 0 Å². The predicted molar refractivity (Wildman–Crippen MR) is 109 cm³/mol. The molecule has 5 heteroatoms. The molecule has 1 aromatic heterocycles. The third kappa shape index (κ3) is 3.97. The summed E-state index contributed by atoms with van der Waals surface area (Å²) in [6.45, 7) is 0. The number of aromatic nitrogens is 1. The fourth-order valence-electron chi connectivity index (χ4n) is 3.02. The van der Waals surface area contributed by atoms with Crippen molar-refractivity contribution in [1.82, 2.24) is 4.98 Å². The van der Waals surface area contributed by atoms with E-state index in [0.29, 0.717) is 22.7 Å². The zero-order valence-electron chi connectivity index (χ0n) is 15.1. The van der Waals surface area contributed by atoms with E-state index in [4.69, 9.17) is 0 Å². The van der Waals surface area contributed by atoms with E-state index in [2.05, 4.69) is 11.1 Å². The first kappa shape index (κ1) is 18.4. The van der Waals surface area contributed by atoms with Gasteiger partial charge in [-0.1, -0.05) is 42.1 Å². The molecular formula is C23H17FN2OS. The standard InChI is InChI=1S/C23H17FN2OS/c24-18-10-8-16(9-11-18)21-12-19(15-4-2-1-3-5-15)20(13-25)22(26-21)14-28-23(27)17-6-7-17/h1-5,8-12,17H,6-7,14H2. The van der Waals surface area contributed by atoms with Gasteiger partial charge in [0.1, 0.15) is 11.9 Å². The van der Waals surface area contributed by atoms with Crippen LogP contribution in [0.25, 0.3) is 22.4 Å². The summed E-state index contributed by atoms with van der Waals surface area (Å²) in [7, 11) is 0. The summed E-state index contributed by atoms with van der Waals surface area (Å²) in [6, 6.07) is 19.9. The van der Waals surface area contributed by atoms with Crippen LogP contribution in [0.4, 0.5) is 4.39 Å². The van der Waals surface area contributed by atoms with Crippen molar-refractivity contribution < 1.29 is 9.18 Å². The fourth-order valence-corrected chi connectivity index (χ4v) is 3.98. The van der Waals surface area contributed by atoms with Gasteiger partial charge < -0.3 is 0 Å². The Morgan fingerprint density at radius 2 is 1.82 bits per heavy atom. The second-order valence-electron chi connectivity index (χ2n) is 6.74. The van der Waals surface area contributed by atoms with Crippen molar-refractivity contribution in [2.45, 2.75) is 18.6 Å². The van der Waals surface area contributed by atoms with Gasteiger partial charge in [-0.15, -0.1) is 0 Å². The third-order valence-corrected chi connectivity index (χ3v) is 5.73. The van der Waals surface area contributed by atoms with E-state index in [9.17, 15) is 14.4 Å². The first-order valence-corrected chi connectivity index (χ1v) is 10.1. The maximum absolute atomic E-state index is 13.3. The van der Waals surface area contributed by atoms with Crippen molar-refractivity contribution in [3.63, 3.8) is 0 Å². The van der Waals surface area contributed by atoms with Crippen LogP contribution in [0.15, 0.2) is 60.7 Å². The Bertz CT molecular complexity index is 1050. The van der Waals surface area contributed by atoms with Crippen LogP contribution in [0.3, 0.4) is 0 Å². The fraction of sp³-hybridized carbons (Fsp3) is 0.174. The Labute approximate surface area is 167 Å². The van der Waals surface area contributed by atoms with Crippen LogP contribution in [0, 0.1) is 23.1 Å². The van der Waals surface area contributed by atoms with Gasteiger partial charge in [0, 0.05) is 22.8 Å². The van der Waals surface area contributed by atoms with Gasteiger partial charge in [-0.05, 0) is 48.7 Å². The lowest BCUT2D eigenvalue weighted by atomic mass is 9.97. The largest absolute Gasteiger partial charge is 0.287 e. The monoisotopic (exact) mass is 388 g/mol. The van der Waals surface area contributed by atoms with Gasteiger partial charge in [0.25, 0.3) is 0 Å². The Kier molecular flexibility index (Phi) is 5.23. The molecule has 0 spiro atoms. The SMILES string of the molecule is N#Cc1c(-c2ccccc2)cc(-c2ccc(F)cc2)nc1CSC(=O)C1CC1. The third-order valence-electron chi connectivity index (χ3n) is 4.69. The minimum absolute atomic E-state index is 0.157. The lowest BCUT2D eigenvalue weighted by Crippen LogP contribution is -2.02. The molecule has 138 valence electrons. The zero-order valence-corrected chi connectivity index (χ0v) is 15.9. The van der Waals surface area contributed by atoms with Gasteiger partial charge in [0.2, 0.25) is 0 Å². The van der Waals surface area contributed by atoms with Crippen LogP contribution >= 0.6 is 11.8 Å². The van der Waals surface area contributed by atoms with Crippen molar-refractivity contribution in [3.05, 3.63) is 77.7 Å². The van der Waals surface area contributed by atoms with Crippen molar-refractivity contribution in [1.29, 1.82) is 5.26 Å². The van der Waals surface area contributed by atoms with Crippen molar-refractivity contribution >= 4 is 16.9 Å². The lowest BCUT2D eigenvalue weighted by Gasteiger charge is -2.12. The highest BCUT2D eigenvalue weighted by atomic mass is 32.2. The molecule has 1 fully saturated rings. The summed E-state index contributed by atoms with van der Waals surface area (Å²) in [4.78, 5) is 16.8. The number of rotatable bonds is 5. The molecule has 0 amide bonds. The molecule has 3 nitrogen and oxygen atoms in total. The van der Waals surface area contributed by atoms with Gasteiger partial charge in [-0.25, -0.2) is 4.39 Å². The molecule has 0 unspecified atom stereocenters. The molecule has 1 aliphatic rings. The van der Waals surface area contributed by atoms with Crippen molar-refractivity contribution in [2.75, 3.05) is 0 Å². The maximum Gasteiger partial charge on any atom is 0.192 e. The molecular weight excluding hydrogens is 371 g/mol. The quantitative estimate of drug-likeness (QED) is 0.571. The molecule has 28 heavy (non-hydrogen) atoms. The van der Waals surface area contributed by atoms with E-state index in [1.807, 2.05) is 36.4 Å². The smallest absolute Gasteiger partial charge is 0.192 e. The average Bonchev–Trinajstić information content (AvgIpc) is 3.58. The molecule has 2 aromatic carbocycles. The van der Waals surface area contributed by atoms with E-state index in [1.165, 1.54) is 23.9 Å². The topological polar surface area (TPSA) is 53.8 Å². The molecule has 1 aliphatic carbocycles. The molecule has 0 bridgehead atoms. The number of halogens is 1. The summed E-state index contributed by atoms with van der Waals surface area (Å²) in [5.74, 6) is 0.198. The van der Waals surface area contributed by atoms with Crippen LogP contribution in [0.1, 0.15) is 24.1 Å². The Balaban J connectivity index is 1.80. The average molecular weight is 388 g/mol. The molecule has 0 N–H and O–H groups in total. The van der Waals surface area contributed by atoms with Crippen LogP contribution in [0.2, 0.25) is 0 Å². The van der Waals surface area contributed by atoms with Crippen LogP contribution in [-0.4, -0.2) is 10.1 Å².